The number of hydrogen-bond donors (Lipinski definition) is 2. The van der Waals surface area contributed by atoms with Crippen LogP contribution in [0.5, 0.6) is 5.75 Å². The van der Waals surface area contributed by atoms with Gasteiger partial charge < -0.3 is 4.74 Å². The van der Waals surface area contributed by atoms with Crippen molar-refractivity contribution < 1.29 is 9.53 Å². The van der Waals surface area contributed by atoms with Gasteiger partial charge in [-0.1, -0.05) is 6.58 Å². The summed E-state index contributed by atoms with van der Waals surface area (Å²) in [7, 11) is 1.61. The highest BCUT2D eigenvalue weighted by Crippen LogP contribution is 2.15. The molecule has 0 bridgehead atoms. The molecule has 116 valence electrons. The van der Waals surface area contributed by atoms with E-state index in [-0.39, 0.29) is 12.5 Å². The third kappa shape index (κ3) is 3.88. The maximum absolute atomic E-state index is 11.9. The van der Waals surface area contributed by atoms with Gasteiger partial charge in [0, 0.05) is 5.69 Å². The minimum absolute atomic E-state index is 0.155. The summed E-state index contributed by atoms with van der Waals surface area (Å²) in [5.41, 5.74) is 8.73. The van der Waals surface area contributed by atoms with Crippen molar-refractivity contribution >= 4 is 11.6 Å². The first-order valence-electron chi connectivity index (χ1n) is 6.89. The molecule has 0 unspecified atom stereocenters. The molecular weight excluding hydrogens is 280 g/mol. The SMILES string of the molecule is C=C(NNC(=O)Cn1nc(C)cc1C)c1ccc(OC)cc1. The van der Waals surface area contributed by atoms with E-state index >= 15 is 0 Å². The minimum Gasteiger partial charge on any atom is -0.497 e. The second-order valence-corrected chi connectivity index (χ2v) is 4.96. The molecule has 0 aliphatic heterocycles. The number of carbonyl (C=O) groups excluding carboxylic acids is 1. The Kier molecular flexibility index (Phi) is 4.83. The third-order valence-corrected chi connectivity index (χ3v) is 3.19. The van der Waals surface area contributed by atoms with Gasteiger partial charge in [0.2, 0.25) is 0 Å². The molecule has 6 nitrogen and oxygen atoms in total. The van der Waals surface area contributed by atoms with Crippen molar-refractivity contribution in [1.29, 1.82) is 0 Å². The maximum Gasteiger partial charge on any atom is 0.260 e. The predicted octanol–water partition coefficient (Wildman–Crippen LogP) is 1.80. The van der Waals surface area contributed by atoms with Crippen LogP contribution >= 0.6 is 0 Å². The van der Waals surface area contributed by atoms with Gasteiger partial charge in [-0.25, -0.2) is 0 Å². The minimum atomic E-state index is -0.194. The number of rotatable bonds is 6. The maximum atomic E-state index is 11.9. The lowest BCUT2D eigenvalue weighted by atomic mass is 10.2. The second kappa shape index (κ2) is 6.80. The number of aryl methyl sites for hydroxylation is 2. The summed E-state index contributed by atoms with van der Waals surface area (Å²) in [6.45, 7) is 7.86. The Hall–Kier alpha value is -2.76. The van der Waals surface area contributed by atoms with E-state index in [0.717, 1.165) is 22.7 Å². The molecule has 0 saturated heterocycles. The molecule has 0 aliphatic rings. The fourth-order valence-electron chi connectivity index (χ4n) is 2.02. The lowest BCUT2D eigenvalue weighted by Crippen LogP contribution is -2.38. The topological polar surface area (TPSA) is 68.2 Å². The number of aromatic nitrogens is 2. The van der Waals surface area contributed by atoms with Gasteiger partial charge in [-0.3, -0.25) is 20.3 Å². The average molecular weight is 300 g/mol. The standard InChI is InChI=1S/C16H20N4O2/c1-11-9-12(2)20(19-11)10-16(21)18-17-13(3)14-5-7-15(22-4)8-6-14/h5-9,17H,3,10H2,1-2,4H3,(H,18,21). The first-order chi connectivity index (χ1) is 10.5. The highest BCUT2D eigenvalue weighted by atomic mass is 16.5. The van der Waals surface area contributed by atoms with Crippen LogP contribution in [-0.4, -0.2) is 22.8 Å². The fourth-order valence-corrected chi connectivity index (χ4v) is 2.02. The van der Waals surface area contributed by atoms with E-state index in [4.69, 9.17) is 4.74 Å². The zero-order valence-electron chi connectivity index (χ0n) is 13.0. The molecule has 22 heavy (non-hydrogen) atoms. The van der Waals surface area contributed by atoms with Crippen LogP contribution in [-0.2, 0) is 11.3 Å². The molecule has 0 radical (unpaired) electrons. The van der Waals surface area contributed by atoms with E-state index in [2.05, 4.69) is 22.5 Å². The number of nitrogens with zero attached hydrogens (tertiary/aromatic N) is 2. The zero-order chi connectivity index (χ0) is 16.1. The van der Waals surface area contributed by atoms with Crippen LogP contribution in [0.15, 0.2) is 36.9 Å². The largest absolute Gasteiger partial charge is 0.497 e. The van der Waals surface area contributed by atoms with Crippen LogP contribution in [0.1, 0.15) is 17.0 Å². The molecule has 0 fully saturated rings. The lowest BCUT2D eigenvalue weighted by Gasteiger charge is -2.12. The van der Waals surface area contributed by atoms with Crippen molar-refractivity contribution in [2.24, 2.45) is 0 Å². The van der Waals surface area contributed by atoms with E-state index < -0.39 is 0 Å². The predicted molar refractivity (Wildman–Crippen MR) is 85.0 cm³/mol. The number of hydrazine groups is 1. The molecule has 0 atom stereocenters. The van der Waals surface area contributed by atoms with Crippen molar-refractivity contribution in [2.45, 2.75) is 20.4 Å². The van der Waals surface area contributed by atoms with Crippen LogP contribution in [0.25, 0.3) is 5.70 Å². The summed E-state index contributed by atoms with van der Waals surface area (Å²) in [5, 5.41) is 4.25. The van der Waals surface area contributed by atoms with Crippen molar-refractivity contribution in [3.8, 4) is 5.75 Å². The number of nitrogens with one attached hydrogen (secondary N) is 2. The lowest BCUT2D eigenvalue weighted by molar-refractivity contribution is -0.122. The van der Waals surface area contributed by atoms with Crippen molar-refractivity contribution in [3.63, 3.8) is 0 Å². The second-order valence-electron chi connectivity index (χ2n) is 4.96. The van der Waals surface area contributed by atoms with Gasteiger partial charge in [0.15, 0.2) is 0 Å². The highest BCUT2D eigenvalue weighted by Gasteiger charge is 2.07. The molecule has 0 saturated carbocycles. The smallest absolute Gasteiger partial charge is 0.260 e. The van der Waals surface area contributed by atoms with Gasteiger partial charge in [0.1, 0.15) is 12.3 Å². The van der Waals surface area contributed by atoms with Crippen LogP contribution in [0.3, 0.4) is 0 Å². The quantitative estimate of drug-likeness (QED) is 0.798. The van der Waals surface area contributed by atoms with Crippen LogP contribution in [0.2, 0.25) is 0 Å². The van der Waals surface area contributed by atoms with E-state index in [1.54, 1.807) is 11.8 Å². The summed E-state index contributed by atoms with van der Waals surface area (Å²) in [5.74, 6) is 0.575. The molecule has 2 rings (SSSR count). The van der Waals surface area contributed by atoms with E-state index in [1.165, 1.54) is 0 Å². The average Bonchev–Trinajstić information content (AvgIpc) is 2.82. The van der Waals surface area contributed by atoms with Crippen LogP contribution in [0, 0.1) is 13.8 Å². The number of carbonyl (C=O) groups is 1. The summed E-state index contributed by atoms with van der Waals surface area (Å²) in [6.07, 6.45) is 0. The monoisotopic (exact) mass is 300 g/mol. The Labute approximate surface area is 129 Å². The van der Waals surface area contributed by atoms with E-state index in [9.17, 15) is 4.79 Å². The molecule has 2 aromatic rings. The molecule has 0 spiro atoms. The molecule has 1 aromatic heterocycles. The molecule has 6 heteroatoms. The number of ether oxygens (including phenoxy) is 1. The summed E-state index contributed by atoms with van der Waals surface area (Å²) in [6, 6.07) is 9.32. The van der Waals surface area contributed by atoms with E-state index in [0.29, 0.717) is 5.70 Å². The number of hydrogen-bond acceptors (Lipinski definition) is 4. The first kappa shape index (κ1) is 15.6. The zero-order valence-corrected chi connectivity index (χ0v) is 13.0. The first-order valence-corrected chi connectivity index (χ1v) is 6.89. The number of benzene rings is 1. The van der Waals surface area contributed by atoms with Gasteiger partial charge in [0.05, 0.1) is 18.5 Å². The summed E-state index contributed by atoms with van der Waals surface area (Å²) >= 11 is 0. The summed E-state index contributed by atoms with van der Waals surface area (Å²) < 4.78 is 6.75. The fraction of sp³-hybridized carbons (Fsp3) is 0.250. The van der Waals surface area contributed by atoms with Crippen LogP contribution < -0.4 is 15.6 Å². The highest BCUT2D eigenvalue weighted by molar-refractivity contribution is 5.77. The Bertz CT molecular complexity index is 674. The Balaban J connectivity index is 1.87. The summed E-state index contributed by atoms with van der Waals surface area (Å²) in [4.78, 5) is 11.9. The Morgan fingerprint density at radius 1 is 1.27 bits per heavy atom. The normalized spacial score (nSPS) is 10.1. The number of amides is 1. The molecular formula is C16H20N4O2. The van der Waals surface area contributed by atoms with Crippen molar-refractivity contribution in [2.75, 3.05) is 7.11 Å². The molecule has 1 heterocycles. The van der Waals surface area contributed by atoms with Crippen molar-refractivity contribution in [1.82, 2.24) is 20.6 Å². The Morgan fingerprint density at radius 3 is 2.50 bits per heavy atom. The molecule has 0 aliphatic carbocycles. The van der Waals surface area contributed by atoms with Crippen LogP contribution in [0.4, 0.5) is 0 Å². The van der Waals surface area contributed by atoms with Crippen molar-refractivity contribution in [3.05, 3.63) is 53.9 Å². The van der Waals surface area contributed by atoms with Gasteiger partial charge in [0.25, 0.3) is 5.91 Å². The molecule has 1 amide bonds. The number of methoxy groups -OCH3 is 1. The van der Waals surface area contributed by atoms with Gasteiger partial charge in [-0.2, -0.15) is 5.10 Å². The van der Waals surface area contributed by atoms with Gasteiger partial charge >= 0.3 is 0 Å². The molecule has 2 N–H and O–H groups in total. The molecule has 1 aromatic carbocycles. The third-order valence-electron chi connectivity index (χ3n) is 3.19. The van der Waals surface area contributed by atoms with Gasteiger partial charge in [-0.05, 0) is 49.7 Å². The Morgan fingerprint density at radius 2 is 1.95 bits per heavy atom. The van der Waals surface area contributed by atoms with E-state index in [1.807, 2.05) is 44.2 Å². The van der Waals surface area contributed by atoms with Gasteiger partial charge in [-0.15, -0.1) is 0 Å².